The van der Waals surface area contributed by atoms with Crippen LogP contribution in [0, 0.1) is 0 Å². The van der Waals surface area contributed by atoms with Crippen molar-refractivity contribution in [1.82, 2.24) is 9.80 Å². The predicted octanol–water partition coefficient (Wildman–Crippen LogP) is -0.247. The SMILES string of the molecule is CN1CCN2C(=O)OC[C@@H]2C1. The first-order chi connectivity index (χ1) is 5.27. The number of hydrogen-bond donors (Lipinski definition) is 0. The molecule has 1 atom stereocenters. The van der Waals surface area contributed by atoms with Crippen molar-refractivity contribution < 1.29 is 9.53 Å². The van der Waals surface area contributed by atoms with Gasteiger partial charge in [0.15, 0.2) is 0 Å². The minimum atomic E-state index is -0.136. The van der Waals surface area contributed by atoms with Crippen LogP contribution in [0.5, 0.6) is 0 Å². The zero-order valence-corrected chi connectivity index (χ0v) is 6.62. The van der Waals surface area contributed by atoms with Crippen molar-refractivity contribution in [2.75, 3.05) is 33.3 Å². The third kappa shape index (κ3) is 1.07. The average molecular weight is 156 g/mol. The van der Waals surface area contributed by atoms with Gasteiger partial charge in [0.25, 0.3) is 0 Å². The summed E-state index contributed by atoms with van der Waals surface area (Å²) >= 11 is 0. The van der Waals surface area contributed by atoms with Crippen LogP contribution in [-0.2, 0) is 4.74 Å². The molecular weight excluding hydrogens is 144 g/mol. The fraction of sp³-hybridized carbons (Fsp3) is 0.857. The minimum absolute atomic E-state index is 0.136. The van der Waals surface area contributed by atoms with Gasteiger partial charge in [-0.2, -0.15) is 0 Å². The number of piperazine rings is 1. The van der Waals surface area contributed by atoms with Crippen LogP contribution in [0.3, 0.4) is 0 Å². The Balaban J connectivity index is 2.06. The first-order valence-electron chi connectivity index (χ1n) is 3.89. The van der Waals surface area contributed by atoms with Gasteiger partial charge in [-0.25, -0.2) is 4.79 Å². The second-order valence-electron chi connectivity index (χ2n) is 3.19. The summed E-state index contributed by atoms with van der Waals surface area (Å²) in [6, 6.07) is 0.307. The van der Waals surface area contributed by atoms with Crippen molar-refractivity contribution in [3.05, 3.63) is 0 Å². The monoisotopic (exact) mass is 156 g/mol. The highest BCUT2D eigenvalue weighted by molar-refractivity contribution is 5.70. The van der Waals surface area contributed by atoms with Crippen LogP contribution in [0.25, 0.3) is 0 Å². The molecule has 1 amide bonds. The normalized spacial score (nSPS) is 31.9. The van der Waals surface area contributed by atoms with E-state index in [9.17, 15) is 4.79 Å². The summed E-state index contributed by atoms with van der Waals surface area (Å²) in [5.74, 6) is 0. The molecule has 0 aliphatic carbocycles. The molecule has 2 aliphatic rings. The molecule has 2 aliphatic heterocycles. The van der Waals surface area contributed by atoms with Crippen LogP contribution in [0.1, 0.15) is 0 Å². The fourth-order valence-electron chi connectivity index (χ4n) is 1.64. The van der Waals surface area contributed by atoms with Gasteiger partial charge in [-0.05, 0) is 7.05 Å². The molecule has 0 N–H and O–H groups in total. The van der Waals surface area contributed by atoms with E-state index in [4.69, 9.17) is 4.74 Å². The minimum Gasteiger partial charge on any atom is -0.447 e. The summed E-state index contributed by atoms with van der Waals surface area (Å²) in [6.07, 6.45) is -0.136. The molecule has 0 aromatic heterocycles. The lowest BCUT2D eigenvalue weighted by Crippen LogP contribution is -2.50. The number of amides is 1. The van der Waals surface area contributed by atoms with Crippen LogP contribution >= 0.6 is 0 Å². The highest BCUT2D eigenvalue weighted by Gasteiger charge is 2.36. The highest BCUT2D eigenvalue weighted by atomic mass is 16.6. The Morgan fingerprint density at radius 1 is 1.55 bits per heavy atom. The zero-order chi connectivity index (χ0) is 7.84. The summed E-state index contributed by atoms with van der Waals surface area (Å²) in [4.78, 5) is 15.0. The Morgan fingerprint density at radius 3 is 3.18 bits per heavy atom. The number of ether oxygens (including phenoxy) is 1. The van der Waals surface area contributed by atoms with Crippen molar-refractivity contribution in [3.63, 3.8) is 0 Å². The van der Waals surface area contributed by atoms with Gasteiger partial charge in [-0.15, -0.1) is 0 Å². The summed E-state index contributed by atoms with van der Waals surface area (Å²) < 4.78 is 4.91. The molecule has 2 heterocycles. The van der Waals surface area contributed by atoms with E-state index in [2.05, 4.69) is 11.9 Å². The van der Waals surface area contributed by atoms with Gasteiger partial charge in [-0.3, -0.25) is 4.90 Å². The lowest BCUT2D eigenvalue weighted by Gasteiger charge is -2.32. The van der Waals surface area contributed by atoms with Gasteiger partial charge < -0.3 is 9.64 Å². The van der Waals surface area contributed by atoms with E-state index < -0.39 is 0 Å². The molecule has 2 saturated heterocycles. The second kappa shape index (κ2) is 2.37. The molecule has 0 saturated carbocycles. The fourth-order valence-corrected chi connectivity index (χ4v) is 1.64. The van der Waals surface area contributed by atoms with E-state index in [1.54, 1.807) is 0 Å². The molecule has 0 spiro atoms. The molecule has 4 nitrogen and oxygen atoms in total. The standard InChI is InChI=1S/C7H12N2O2/c1-8-2-3-9-6(4-8)5-11-7(9)10/h6H,2-5H2,1H3/t6-/m0/s1. The number of rotatable bonds is 0. The van der Waals surface area contributed by atoms with Gasteiger partial charge in [0.05, 0.1) is 6.04 Å². The number of nitrogens with zero attached hydrogens (tertiary/aromatic N) is 2. The lowest BCUT2D eigenvalue weighted by atomic mass is 10.2. The molecule has 2 rings (SSSR count). The van der Waals surface area contributed by atoms with Gasteiger partial charge in [0, 0.05) is 19.6 Å². The summed E-state index contributed by atoms with van der Waals surface area (Å²) in [5.41, 5.74) is 0. The van der Waals surface area contributed by atoms with Crippen molar-refractivity contribution in [2.24, 2.45) is 0 Å². The molecule has 11 heavy (non-hydrogen) atoms. The molecule has 62 valence electrons. The topological polar surface area (TPSA) is 32.8 Å². The quantitative estimate of drug-likeness (QED) is 0.485. The van der Waals surface area contributed by atoms with Crippen LogP contribution < -0.4 is 0 Å². The van der Waals surface area contributed by atoms with Crippen molar-refractivity contribution in [2.45, 2.75) is 6.04 Å². The molecule has 4 heteroatoms. The van der Waals surface area contributed by atoms with E-state index in [0.29, 0.717) is 12.6 Å². The summed E-state index contributed by atoms with van der Waals surface area (Å²) in [5, 5.41) is 0. The average Bonchev–Trinajstić information content (AvgIpc) is 2.32. The largest absolute Gasteiger partial charge is 0.447 e. The Labute approximate surface area is 65.7 Å². The number of carbonyl (C=O) groups excluding carboxylic acids is 1. The molecular formula is C7H12N2O2. The Morgan fingerprint density at radius 2 is 2.36 bits per heavy atom. The Bertz CT molecular complexity index is 183. The van der Waals surface area contributed by atoms with Crippen LogP contribution in [0.15, 0.2) is 0 Å². The number of likely N-dealkylation sites (N-methyl/N-ethyl adjacent to an activating group) is 1. The predicted molar refractivity (Wildman–Crippen MR) is 39.3 cm³/mol. The van der Waals surface area contributed by atoms with Crippen LogP contribution in [-0.4, -0.2) is 55.2 Å². The van der Waals surface area contributed by atoms with Gasteiger partial charge >= 0.3 is 6.09 Å². The maximum absolute atomic E-state index is 11.0. The highest BCUT2D eigenvalue weighted by Crippen LogP contribution is 2.16. The first-order valence-corrected chi connectivity index (χ1v) is 3.89. The summed E-state index contributed by atoms with van der Waals surface area (Å²) in [7, 11) is 2.07. The van der Waals surface area contributed by atoms with Crippen LogP contribution in [0.4, 0.5) is 4.79 Å². The van der Waals surface area contributed by atoms with Crippen molar-refractivity contribution in [3.8, 4) is 0 Å². The number of cyclic esters (lactones) is 1. The molecule has 0 radical (unpaired) electrons. The number of fused-ring (bicyclic) bond motifs is 1. The third-order valence-electron chi connectivity index (χ3n) is 2.32. The second-order valence-corrected chi connectivity index (χ2v) is 3.19. The zero-order valence-electron chi connectivity index (χ0n) is 6.62. The first kappa shape index (κ1) is 6.91. The molecule has 2 fully saturated rings. The van der Waals surface area contributed by atoms with Crippen molar-refractivity contribution in [1.29, 1.82) is 0 Å². The molecule has 0 bridgehead atoms. The third-order valence-corrected chi connectivity index (χ3v) is 2.32. The smallest absolute Gasteiger partial charge is 0.410 e. The Hall–Kier alpha value is -0.770. The number of carbonyl (C=O) groups is 1. The van der Waals surface area contributed by atoms with E-state index in [-0.39, 0.29) is 6.09 Å². The summed E-state index contributed by atoms with van der Waals surface area (Å²) in [6.45, 7) is 3.31. The maximum Gasteiger partial charge on any atom is 0.410 e. The van der Waals surface area contributed by atoms with Crippen molar-refractivity contribution >= 4 is 6.09 Å². The van der Waals surface area contributed by atoms with E-state index in [1.165, 1.54) is 0 Å². The van der Waals surface area contributed by atoms with E-state index in [0.717, 1.165) is 19.6 Å². The molecule has 0 aromatic rings. The number of hydrogen-bond acceptors (Lipinski definition) is 3. The van der Waals surface area contributed by atoms with Gasteiger partial charge in [0.2, 0.25) is 0 Å². The van der Waals surface area contributed by atoms with Gasteiger partial charge in [-0.1, -0.05) is 0 Å². The van der Waals surface area contributed by atoms with E-state index >= 15 is 0 Å². The lowest BCUT2D eigenvalue weighted by molar-refractivity contribution is 0.134. The molecule has 0 unspecified atom stereocenters. The van der Waals surface area contributed by atoms with Crippen LogP contribution in [0.2, 0.25) is 0 Å². The Kier molecular flexibility index (Phi) is 1.49. The maximum atomic E-state index is 11.0. The van der Waals surface area contributed by atoms with Gasteiger partial charge in [0.1, 0.15) is 6.61 Å². The molecule has 0 aromatic carbocycles. The van der Waals surface area contributed by atoms with E-state index in [1.807, 2.05) is 4.90 Å².